The largest absolute Gasteiger partial charge is 0.212 e. The van der Waals surface area contributed by atoms with Crippen molar-refractivity contribution in [3.63, 3.8) is 0 Å². The molecule has 19 heavy (non-hydrogen) atoms. The van der Waals surface area contributed by atoms with Crippen LogP contribution < -0.4 is 4.72 Å². The predicted octanol–water partition coefficient (Wildman–Crippen LogP) is 3.39. The number of sulfonamides is 1. The summed E-state index contributed by atoms with van der Waals surface area (Å²) in [6.07, 6.45) is 2.95. The van der Waals surface area contributed by atoms with E-state index in [9.17, 15) is 8.42 Å². The van der Waals surface area contributed by atoms with Crippen molar-refractivity contribution in [3.8, 4) is 0 Å². The van der Waals surface area contributed by atoms with Gasteiger partial charge in [0, 0.05) is 11.9 Å². The van der Waals surface area contributed by atoms with Gasteiger partial charge in [0.2, 0.25) is 10.0 Å². The normalized spacial score (nSPS) is 25.2. The van der Waals surface area contributed by atoms with Crippen LogP contribution >= 0.6 is 11.6 Å². The van der Waals surface area contributed by atoms with E-state index in [1.54, 1.807) is 0 Å². The fourth-order valence-corrected chi connectivity index (χ4v) is 5.53. The number of rotatable bonds is 5. The van der Waals surface area contributed by atoms with Crippen molar-refractivity contribution in [1.29, 1.82) is 0 Å². The maximum atomic E-state index is 12.1. The molecule has 5 heteroatoms. The minimum atomic E-state index is -3.23. The molecule has 0 heterocycles. The first-order valence-corrected chi connectivity index (χ1v) is 9.19. The summed E-state index contributed by atoms with van der Waals surface area (Å²) in [5.41, 5.74) is 0.375. The lowest BCUT2D eigenvalue weighted by molar-refractivity contribution is 0.0934. The van der Waals surface area contributed by atoms with Crippen molar-refractivity contribution in [2.75, 3.05) is 11.6 Å². The molecule has 1 aliphatic rings. The summed E-state index contributed by atoms with van der Waals surface area (Å²) in [6, 6.07) is 0.0475. The van der Waals surface area contributed by atoms with E-state index in [1.807, 2.05) is 6.92 Å². The van der Waals surface area contributed by atoms with Crippen LogP contribution in [0.1, 0.15) is 53.9 Å². The molecule has 3 nitrogen and oxygen atoms in total. The smallest absolute Gasteiger partial charge is 0.212 e. The highest BCUT2D eigenvalue weighted by atomic mass is 35.5. The zero-order valence-electron chi connectivity index (χ0n) is 12.8. The molecule has 0 aromatic heterocycles. The average Bonchev–Trinajstić information content (AvgIpc) is 2.09. The Morgan fingerprint density at radius 1 is 1.21 bits per heavy atom. The Balaban J connectivity index is 2.71. The van der Waals surface area contributed by atoms with Gasteiger partial charge in [-0.05, 0) is 36.0 Å². The van der Waals surface area contributed by atoms with Gasteiger partial charge < -0.3 is 0 Å². The molecule has 0 saturated heterocycles. The minimum Gasteiger partial charge on any atom is -0.212 e. The molecule has 0 aromatic rings. The van der Waals surface area contributed by atoms with Crippen LogP contribution in [0.4, 0.5) is 0 Å². The number of halogens is 1. The highest BCUT2D eigenvalue weighted by molar-refractivity contribution is 7.89. The molecular weight excluding hydrogens is 282 g/mol. The Bertz CT molecular complexity index is 388. The molecule has 1 unspecified atom stereocenters. The molecule has 0 amide bonds. The van der Waals surface area contributed by atoms with Crippen LogP contribution in [0.3, 0.4) is 0 Å². The second-order valence-corrected chi connectivity index (χ2v) is 9.88. The Kier molecular flexibility index (Phi) is 5.36. The van der Waals surface area contributed by atoms with Gasteiger partial charge in [-0.25, -0.2) is 13.1 Å². The van der Waals surface area contributed by atoms with Crippen molar-refractivity contribution < 1.29 is 8.42 Å². The van der Waals surface area contributed by atoms with Crippen molar-refractivity contribution >= 4 is 21.6 Å². The second kappa shape index (κ2) is 5.90. The van der Waals surface area contributed by atoms with E-state index in [1.165, 1.54) is 0 Å². The Labute approximate surface area is 123 Å². The van der Waals surface area contributed by atoms with Gasteiger partial charge in [0.15, 0.2) is 0 Å². The van der Waals surface area contributed by atoms with Crippen LogP contribution in [-0.4, -0.2) is 26.1 Å². The summed E-state index contributed by atoms with van der Waals surface area (Å²) >= 11 is 5.70. The van der Waals surface area contributed by atoms with E-state index in [-0.39, 0.29) is 28.5 Å². The summed E-state index contributed by atoms with van der Waals surface area (Å²) in [5.74, 6) is 0.486. The van der Waals surface area contributed by atoms with Crippen LogP contribution in [0.5, 0.6) is 0 Å². The molecule has 1 N–H and O–H groups in total. The van der Waals surface area contributed by atoms with Crippen LogP contribution in [0, 0.1) is 16.7 Å². The zero-order valence-corrected chi connectivity index (χ0v) is 14.4. The summed E-state index contributed by atoms with van der Waals surface area (Å²) in [7, 11) is -3.23. The third kappa shape index (κ3) is 6.01. The fraction of sp³-hybridized carbons (Fsp3) is 1.00. The lowest BCUT2D eigenvalue weighted by atomic mass is 9.64. The van der Waals surface area contributed by atoms with Crippen LogP contribution in [0.2, 0.25) is 0 Å². The topological polar surface area (TPSA) is 46.2 Å². The van der Waals surface area contributed by atoms with E-state index in [0.717, 1.165) is 19.3 Å². The van der Waals surface area contributed by atoms with Gasteiger partial charge in [-0.2, -0.15) is 0 Å². The lowest BCUT2D eigenvalue weighted by Gasteiger charge is -2.45. The van der Waals surface area contributed by atoms with Crippen LogP contribution in [-0.2, 0) is 10.0 Å². The fourth-order valence-electron chi connectivity index (χ4n) is 3.65. The van der Waals surface area contributed by atoms with Gasteiger partial charge in [0.1, 0.15) is 0 Å². The first kappa shape index (κ1) is 17.3. The van der Waals surface area contributed by atoms with Gasteiger partial charge in [0.05, 0.1) is 5.75 Å². The molecule has 1 rings (SSSR count). The van der Waals surface area contributed by atoms with Crippen LogP contribution in [0.15, 0.2) is 0 Å². The maximum Gasteiger partial charge on any atom is 0.212 e. The Hall–Kier alpha value is 0.200. The monoisotopic (exact) mass is 309 g/mol. The predicted molar refractivity (Wildman–Crippen MR) is 82.0 cm³/mol. The standard InChI is InChI=1S/C14H28ClNO2S/c1-11(8-15)9-19(17,18)16-12-6-13(2,3)10-14(4,5)7-12/h11-12,16H,6-10H2,1-5H3. The number of nitrogens with one attached hydrogen (secondary N) is 1. The third-order valence-electron chi connectivity index (χ3n) is 3.67. The highest BCUT2D eigenvalue weighted by Gasteiger charge is 2.39. The second-order valence-electron chi connectivity index (χ2n) is 7.77. The molecule has 1 aliphatic carbocycles. The molecule has 1 saturated carbocycles. The first-order chi connectivity index (χ1) is 8.45. The van der Waals surface area contributed by atoms with Gasteiger partial charge in [0.25, 0.3) is 0 Å². The molecule has 114 valence electrons. The minimum absolute atomic E-state index is 0.0104. The summed E-state index contributed by atoms with van der Waals surface area (Å²) in [4.78, 5) is 0. The van der Waals surface area contributed by atoms with E-state index >= 15 is 0 Å². The number of alkyl halides is 1. The molecule has 1 fully saturated rings. The lowest BCUT2D eigenvalue weighted by Crippen LogP contribution is -2.47. The molecule has 0 aliphatic heterocycles. The van der Waals surface area contributed by atoms with Crippen molar-refractivity contribution in [1.82, 2.24) is 4.72 Å². The quantitative estimate of drug-likeness (QED) is 0.791. The van der Waals surface area contributed by atoms with Gasteiger partial charge >= 0.3 is 0 Å². The van der Waals surface area contributed by atoms with E-state index in [4.69, 9.17) is 11.6 Å². The summed E-state index contributed by atoms with van der Waals surface area (Å²) in [5, 5.41) is 0. The number of hydrogen-bond acceptors (Lipinski definition) is 2. The average molecular weight is 310 g/mol. The van der Waals surface area contributed by atoms with Crippen molar-refractivity contribution in [2.45, 2.75) is 59.9 Å². The van der Waals surface area contributed by atoms with Crippen molar-refractivity contribution in [3.05, 3.63) is 0 Å². The number of hydrogen-bond donors (Lipinski definition) is 1. The summed E-state index contributed by atoms with van der Waals surface area (Å²) < 4.78 is 27.1. The zero-order chi connectivity index (χ0) is 14.9. The first-order valence-electron chi connectivity index (χ1n) is 7.01. The Morgan fingerprint density at radius 2 is 1.68 bits per heavy atom. The van der Waals surface area contributed by atoms with E-state index in [0.29, 0.717) is 5.88 Å². The molecule has 0 bridgehead atoms. The molecule has 0 radical (unpaired) electrons. The Morgan fingerprint density at radius 3 is 2.11 bits per heavy atom. The SMILES string of the molecule is CC(CCl)CS(=O)(=O)NC1CC(C)(C)CC(C)(C)C1. The highest BCUT2D eigenvalue weighted by Crippen LogP contribution is 2.45. The molecule has 0 aromatic carbocycles. The van der Waals surface area contributed by atoms with Gasteiger partial charge in [-0.15, -0.1) is 11.6 Å². The van der Waals surface area contributed by atoms with Gasteiger partial charge in [-0.3, -0.25) is 0 Å². The van der Waals surface area contributed by atoms with Gasteiger partial charge in [-0.1, -0.05) is 34.6 Å². The maximum absolute atomic E-state index is 12.1. The van der Waals surface area contributed by atoms with Crippen molar-refractivity contribution in [2.24, 2.45) is 16.7 Å². The van der Waals surface area contributed by atoms with E-state index in [2.05, 4.69) is 32.4 Å². The molecule has 0 spiro atoms. The van der Waals surface area contributed by atoms with Crippen LogP contribution in [0.25, 0.3) is 0 Å². The summed E-state index contributed by atoms with van der Waals surface area (Å²) in [6.45, 7) is 10.7. The molecule has 1 atom stereocenters. The molecular formula is C14H28ClNO2S. The van der Waals surface area contributed by atoms with E-state index < -0.39 is 10.0 Å². The third-order valence-corrected chi connectivity index (χ3v) is 5.90.